The lowest BCUT2D eigenvalue weighted by molar-refractivity contribution is -0.125. The van der Waals surface area contributed by atoms with Gasteiger partial charge in [-0.25, -0.2) is 9.29 Å². The van der Waals surface area contributed by atoms with Crippen LogP contribution in [0, 0.1) is 11.2 Å². The molecule has 0 N–H and O–H groups in total. The van der Waals surface area contributed by atoms with E-state index in [1.54, 1.807) is 0 Å². The van der Waals surface area contributed by atoms with Crippen LogP contribution < -0.4 is 4.90 Å². The smallest absolute Gasteiger partial charge is 0.240 e. The molecule has 1 aromatic rings. The molecule has 2 aliphatic rings. The minimum atomic E-state index is -0.495. The van der Waals surface area contributed by atoms with Crippen LogP contribution in [0.1, 0.15) is 32.1 Å². The largest absolute Gasteiger partial charge is 0.274 e. The van der Waals surface area contributed by atoms with Crippen molar-refractivity contribution in [2.24, 2.45) is 5.41 Å². The molecule has 1 aliphatic heterocycles. The maximum absolute atomic E-state index is 13.1. The third-order valence-electron chi connectivity index (χ3n) is 4.11. The molecule has 0 aromatic heterocycles. The predicted octanol–water partition coefficient (Wildman–Crippen LogP) is 3.41. The number of halogens is 2. The van der Waals surface area contributed by atoms with Crippen LogP contribution in [0.3, 0.4) is 0 Å². The van der Waals surface area contributed by atoms with Crippen molar-refractivity contribution in [3.05, 3.63) is 28.5 Å². The molecule has 1 saturated carbocycles. The van der Waals surface area contributed by atoms with Gasteiger partial charge in [-0.15, -0.1) is 0 Å². The summed E-state index contributed by atoms with van der Waals surface area (Å²) in [6.45, 7) is 0. The molecule has 0 unspecified atom stereocenters. The maximum atomic E-state index is 13.1. The number of hydrogen-bond acceptors (Lipinski definition) is 2. The van der Waals surface area contributed by atoms with E-state index < -0.39 is 11.2 Å². The highest BCUT2D eigenvalue weighted by Gasteiger charge is 2.53. The highest BCUT2D eigenvalue weighted by atomic mass is 79.9. The highest BCUT2D eigenvalue weighted by molar-refractivity contribution is 9.10. The zero-order valence-corrected chi connectivity index (χ0v) is 11.9. The van der Waals surface area contributed by atoms with Crippen molar-refractivity contribution in [3.8, 4) is 0 Å². The van der Waals surface area contributed by atoms with Crippen molar-refractivity contribution in [2.45, 2.75) is 32.1 Å². The van der Waals surface area contributed by atoms with E-state index in [1.165, 1.54) is 23.1 Å². The van der Waals surface area contributed by atoms with Gasteiger partial charge in [0.05, 0.1) is 11.1 Å². The third-order valence-corrected chi connectivity index (χ3v) is 4.74. The molecule has 0 bridgehead atoms. The Morgan fingerprint density at radius 3 is 2.53 bits per heavy atom. The predicted molar refractivity (Wildman–Crippen MR) is 72.1 cm³/mol. The zero-order valence-electron chi connectivity index (χ0n) is 10.3. The summed E-state index contributed by atoms with van der Waals surface area (Å²) in [5, 5.41) is 0. The number of imide groups is 1. The Kier molecular flexibility index (Phi) is 2.96. The minimum Gasteiger partial charge on any atom is -0.274 e. The summed E-state index contributed by atoms with van der Waals surface area (Å²) in [4.78, 5) is 26.0. The first-order valence-electron chi connectivity index (χ1n) is 6.36. The van der Waals surface area contributed by atoms with Crippen molar-refractivity contribution < 1.29 is 14.0 Å². The molecule has 1 aliphatic carbocycles. The Labute approximate surface area is 118 Å². The van der Waals surface area contributed by atoms with E-state index >= 15 is 0 Å². The SMILES string of the molecule is O=C1CC2(CCCC2)C(=O)N1c1ccc(F)cc1Br. The van der Waals surface area contributed by atoms with Crippen LogP contribution in [0.5, 0.6) is 0 Å². The molecule has 19 heavy (non-hydrogen) atoms. The van der Waals surface area contributed by atoms with Crippen LogP contribution >= 0.6 is 15.9 Å². The van der Waals surface area contributed by atoms with E-state index in [-0.39, 0.29) is 18.2 Å². The summed E-state index contributed by atoms with van der Waals surface area (Å²) in [6, 6.07) is 4.01. The lowest BCUT2D eigenvalue weighted by Gasteiger charge is -2.21. The molecule has 1 aromatic carbocycles. The number of anilines is 1. The first kappa shape index (κ1) is 12.8. The van der Waals surface area contributed by atoms with Crippen LogP contribution in [0.15, 0.2) is 22.7 Å². The standard InChI is InChI=1S/C14H13BrFNO2/c15-10-7-9(16)3-4-11(10)17-12(18)8-14(13(17)19)5-1-2-6-14/h3-4,7H,1-2,5-6,8H2. The van der Waals surface area contributed by atoms with Gasteiger partial charge in [-0.3, -0.25) is 9.59 Å². The van der Waals surface area contributed by atoms with Crippen molar-refractivity contribution in [3.63, 3.8) is 0 Å². The number of benzene rings is 1. The molecule has 0 radical (unpaired) electrons. The Balaban J connectivity index is 2.01. The summed E-state index contributed by atoms with van der Waals surface area (Å²) in [5.41, 5.74) is -0.0505. The van der Waals surface area contributed by atoms with Crippen molar-refractivity contribution in [1.82, 2.24) is 0 Å². The number of carbonyl (C=O) groups excluding carboxylic acids is 2. The lowest BCUT2D eigenvalue weighted by Crippen LogP contribution is -2.34. The fourth-order valence-electron chi connectivity index (χ4n) is 3.14. The second kappa shape index (κ2) is 4.40. The first-order chi connectivity index (χ1) is 9.03. The van der Waals surface area contributed by atoms with Gasteiger partial charge in [0, 0.05) is 10.9 Å². The van der Waals surface area contributed by atoms with Crippen LogP contribution in [0.25, 0.3) is 0 Å². The quantitative estimate of drug-likeness (QED) is 0.742. The maximum Gasteiger partial charge on any atom is 0.240 e. The van der Waals surface area contributed by atoms with Gasteiger partial charge in [-0.1, -0.05) is 12.8 Å². The molecule has 1 heterocycles. The Morgan fingerprint density at radius 2 is 1.89 bits per heavy atom. The second-order valence-electron chi connectivity index (χ2n) is 5.29. The van der Waals surface area contributed by atoms with Gasteiger partial charge < -0.3 is 0 Å². The lowest BCUT2D eigenvalue weighted by atomic mass is 9.84. The van der Waals surface area contributed by atoms with Gasteiger partial charge in [0.25, 0.3) is 0 Å². The third kappa shape index (κ3) is 1.91. The number of carbonyl (C=O) groups is 2. The summed E-state index contributed by atoms with van der Waals surface area (Å²) in [5.74, 6) is -0.702. The number of hydrogen-bond donors (Lipinski definition) is 0. The van der Waals surface area contributed by atoms with Crippen molar-refractivity contribution >= 4 is 33.4 Å². The zero-order chi connectivity index (χ0) is 13.6. The normalized spacial score (nSPS) is 21.7. The number of amides is 2. The van der Waals surface area contributed by atoms with Gasteiger partial charge in [-0.2, -0.15) is 0 Å². The van der Waals surface area contributed by atoms with Crippen molar-refractivity contribution in [1.29, 1.82) is 0 Å². The molecule has 100 valence electrons. The molecule has 5 heteroatoms. The van der Waals surface area contributed by atoms with Gasteiger partial charge >= 0.3 is 0 Å². The van der Waals surface area contributed by atoms with E-state index in [4.69, 9.17) is 0 Å². The van der Waals surface area contributed by atoms with Gasteiger partial charge in [0.2, 0.25) is 11.8 Å². The van der Waals surface area contributed by atoms with E-state index in [1.807, 2.05) is 0 Å². The fraction of sp³-hybridized carbons (Fsp3) is 0.429. The topological polar surface area (TPSA) is 37.4 Å². The molecule has 3 nitrogen and oxygen atoms in total. The van der Waals surface area contributed by atoms with Crippen molar-refractivity contribution in [2.75, 3.05) is 4.90 Å². The van der Waals surface area contributed by atoms with Crippen LogP contribution in [-0.2, 0) is 9.59 Å². The first-order valence-corrected chi connectivity index (χ1v) is 7.15. The van der Waals surface area contributed by atoms with Gasteiger partial charge in [0.15, 0.2) is 0 Å². The molecular weight excluding hydrogens is 313 g/mol. The Bertz CT molecular complexity index is 567. The van der Waals surface area contributed by atoms with E-state index in [0.717, 1.165) is 25.7 Å². The fourth-order valence-corrected chi connectivity index (χ4v) is 3.67. The minimum absolute atomic E-state index is 0.123. The molecule has 2 fully saturated rings. The molecular formula is C14H13BrFNO2. The highest BCUT2D eigenvalue weighted by Crippen LogP contribution is 2.48. The Morgan fingerprint density at radius 1 is 1.21 bits per heavy atom. The summed E-state index contributed by atoms with van der Waals surface area (Å²) >= 11 is 3.22. The van der Waals surface area contributed by atoms with E-state index in [2.05, 4.69) is 15.9 Å². The van der Waals surface area contributed by atoms with Gasteiger partial charge in [-0.05, 0) is 47.0 Å². The molecule has 0 atom stereocenters. The second-order valence-corrected chi connectivity index (χ2v) is 6.15. The molecule has 3 rings (SSSR count). The molecule has 2 amide bonds. The summed E-state index contributed by atoms with van der Waals surface area (Å²) in [6.07, 6.45) is 3.85. The van der Waals surface area contributed by atoms with Gasteiger partial charge in [0.1, 0.15) is 5.82 Å². The van der Waals surface area contributed by atoms with Crippen LogP contribution in [0.2, 0.25) is 0 Å². The molecule has 1 saturated heterocycles. The Hall–Kier alpha value is -1.23. The van der Waals surface area contributed by atoms with Crippen LogP contribution in [0.4, 0.5) is 10.1 Å². The summed E-state index contributed by atoms with van der Waals surface area (Å²) < 4.78 is 13.5. The number of nitrogens with zero attached hydrogens (tertiary/aromatic N) is 1. The summed E-state index contributed by atoms with van der Waals surface area (Å²) in [7, 11) is 0. The van der Waals surface area contributed by atoms with E-state index in [9.17, 15) is 14.0 Å². The number of rotatable bonds is 1. The van der Waals surface area contributed by atoms with E-state index in [0.29, 0.717) is 10.2 Å². The van der Waals surface area contributed by atoms with Crippen LogP contribution in [-0.4, -0.2) is 11.8 Å². The average Bonchev–Trinajstić information content (AvgIpc) is 2.89. The average molecular weight is 326 g/mol. The molecule has 1 spiro atoms. The monoisotopic (exact) mass is 325 g/mol.